The summed E-state index contributed by atoms with van der Waals surface area (Å²) in [4.78, 5) is 4.64. The van der Waals surface area contributed by atoms with Gasteiger partial charge in [0.2, 0.25) is 0 Å². The van der Waals surface area contributed by atoms with E-state index in [4.69, 9.17) is 23.2 Å². The molecule has 28 heavy (non-hydrogen) atoms. The standard InChI is InChI=1S/C21H13Cl2N5/c22-14-7-9-15(10-8-14)28-13-25-26-21(28)19-12-24-20-17(5-3-11-27(19)20)16-4-1-2-6-18(16)23/h1-13H. The van der Waals surface area contributed by atoms with Crippen molar-refractivity contribution in [2.24, 2.45) is 0 Å². The Bertz CT molecular complexity index is 1290. The zero-order chi connectivity index (χ0) is 19.1. The van der Waals surface area contributed by atoms with Gasteiger partial charge in [0.15, 0.2) is 5.82 Å². The fourth-order valence-electron chi connectivity index (χ4n) is 3.27. The molecule has 0 amide bonds. The van der Waals surface area contributed by atoms with Crippen LogP contribution >= 0.6 is 23.2 Å². The highest BCUT2D eigenvalue weighted by Crippen LogP contribution is 2.32. The Morgan fingerprint density at radius 1 is 0.821 bits per heavy atom. The van der Waals surface area contributed by atoms with Crippen molar-refractivity contribution in [3.05, 3.63) is 89.4 Å². The lowest BCUT2D eigenvalue weighted by molar-refractivity contribution is 1.04. The van der Waals surface area contributed by atoms with Gasteiger partial charge < -0.3 is 0 Å². The van der Waals surface area contributed by atoms with Crippen molar-refractivity contribution in [3.8, 4) is 28.3 Å². The minimum atomic E-state index is 0.678. The fourth-order valence-corrected chi connectivity index (χ4v) is 3.63. The Kier molecular flexibility index (Phi) is 4.11. The van der Waals surface area contributed by atoms with Gasteiger partial charge in [0, 0.05) is 33.1 Å². The van der Waals surface area contributed by atoms with E-state index in [-0.39, 0.29) is 0 Å². The molecule has 3 heterocycles. The van der Waals surface area contributed by atoms with E-state index in [1.807, 2.05) is 75.8 Å². The molecule has 0 saturated carbocycles. The molecule has 0 aliphatic carbocycles. The summed E-state index contributed by atoms with van der Waals surface area (Å²) >= 11 is 12.4. The summed E-state index contributed by atoms with van der Waals surface area (Å²) in [5.74, 6) is 0.686. The first-order chi connectivity index (χ1) is 13.7. The Hall–Kier alpha value is -3.15. The monoisotopic (exact) mass is 405 g/mol. The van der Waals surface area contributed by atoms with E-state index in [0.717, 1.165) is 28.2 Å². The van der Waals surface area contributed by atoms with E-state index >= 15 is 0 Å². The Balaban J connectivity index is 1.69. The van der Waals surface area contributed by atoms with Gasteiger partial charge in [-0.15, -0.1) is 10.2 Å². The molecule has 0 N–H and O–H groups in total. The van der Waals surface area contributed by atoms with E-state index in [9.17, 15) is 0 Å². The Morgan fingerprint density at radius 2 is 1.61 bits per heavy atom. The van der Waals surface area contributed by atoms with Gasteiger partial charge in [-0.25, -0.2) is 4.98 Å². The molecule has 0 unspecified atom stereocenters. The number of aromatic nitrogens is 5. The van der Waals surface area contributed by atoms with Gasteiger partial charge in [0.1, 0.15) is 17.7 Å². The van der Waals surface area contributed by atoms with Crippen LogP contribution in [0.25, 0.3) is 34.0 Å². The number of imidazole rings is 1. The van der Waals surface area contributed by atoms with Crippen LogP contribution in [0.15, 0.2) is 79.4 Å². The first-order valence-corrected chi connectivity index (χ1v) is 9.35. The largest absolute Gasteiger partial charge is 0.296 e. The maximum absolute atomic E-state index is 6.41. The van der Waals surface area contributed by atoms with Gasteiger partial charge in [0.25, 0.3) is 0 Å². The van der Waals surface area contributed by atoms with Crippen molar-refractivity contribution in [3.63, 3.8) is 0 Å². The van der Waals surface area contributed by atoms with Crippen molar-refractivity contribution in [2.75, 3.05) is 0 Å². The Labute approximate surface area is 170 Å². The van der Waals surface area contributed by atoms with Crippen LogP contribution < -0.4 is 0 Å². The van der Waals surface area contributed by atoms with E-state index in [0.29, 0.717) is 15.9 Å². The second-order valence-electron chi connectivity index (χ2n) is 6.24. The molecule has 7 heteroatoms. The quantitative estimate of drug-likeness (QED) is 0.394. The predicted octanol–water partition coefficient (Wildman–Crippen LogP) is 5.56. The molecule has 136 valence electrons. The van der Waals surface area contributed by atoms with Crippen molar-refractivity contribution < 1.29 is 0 Å². The van der Waals surface area contributed by atoms with Crippen LogP contribution in [0.4, 0.5) is 0 Å². The molecule has 5 nitrogen and oxygen atoms in total. The van der Waals surface area contributed by atoms with Crippen LogP contribution in [-0.2, 0) is 0 Å². The lowest BCUT2D eigenvalue weighted by atomic mass is 10.1. The minimum absolute atomic E-state index is 0.678. The third-order valence-corrected chi connectivity index (χ3v) is 5.16. The number of hydrogen-bond donors (Lipinski definition) is 0. The number of fused-ring (bicyclic) bond motifs is 1. The maximum atomic E-state index is 6.41. The second-order valence-corrected chi connectivity index (χ2v) is 7.08. The molecule has 2 aromatic carbocycles. The van der Waals surface area contributed by atoms with Crippen molar-refractivity contribution >= 4 is 28.8 Å². The van der Waals surface area contributed by atoms with Gasteiger partial charge in [0.05, 0.1) is 6.20 Å². The third-order valence-electron chi connectivity index (χ3n) is 4.58. The van der Waals surface area contributed by atoms with Gasteiger partial charge in [-0.2, -0.15) is 0 Å². The van der Waals surface area contributed by atoms with E-state index in [1.165, 1.54) is 0 Å². The number of hydrogen-bond acceptors (Lipinski definition) is 3. The number of rotatable bonds is 3. The first kappa shape index (κ1) is 17.0. The van der Waals surface area contributed by atoms with Crippen LogP contribution in [0.5, 0.6) is 0 Å². The van der Waals surface area contributed by atoms with E-state index in [2.05, 4.69) is 15.2 Å². The van der Waals surface area contributed by atoms with E-state index < -0.39 is 0 Å². The third kappa shape index (κ3) is 2.76. The van der Waals surface area contributed by atoms with Crippen molar-refractivity contribution in [1.29, 1.82) is 0 Å². The smallest absolute Gasteiger partial charge is 0.187 e. The average Bonchev–Trinajstić information content (AvgIpc) is 3.35. The molecule has 0 radical (unpaired) electrons. The van der Waals surface area contributed by atoms with Gasteiger partial charge >= 0.3 is 0 Å². The zero-order valence-corrected chi connectivity index (χ0v) is 16.0. The average molecular weight is 406 g/mol. The topological polar surface area (TPSA) is 48.0 Å². The molecule has 0 saturated heterocycles. The molecular weight excluding hydrogens is 393 g/mol. The Morgan fingerprint density at radius 3 is 2.43 bits per heavy atom. The van der Waals surface area contributed by atoms with Crippen molar-refractivity contribution in [2.45, 2.75) is 0 Å². The van der Waals surface area contributed by atoms with Crippen LogP contribution in [-0.4, -0.2) is 24.1 Å². The summed E-state index contributed by atoms with van der Waals surface area (Å²) in [5.41, 5.74) is 4.44. The summed E-state index contributed by atoms with van der Waals surface area (Å²) < 4.78 is 3.90. The predicted molar refractivity (Wildman–Crippen MR) is 111 cm³/mol. The summed E-state index contributed by atoms with van der Waals surface area (Å²) in [5, 5.41) is 9.78. The summed E-state index contributed by atoms with van der Waals surface area (Å²) in [6.07, 6.45) is 5.43. The van der Waals surface area contributed by atoms with Crippen LogP contribution in [0.1, 0.15) is 0 Å². The van der Waals surface area contributed by atoms with Crippen LogP contribution in [0.2, 0.25) is 10.0 Å². The normalized spacial score (nSPS) is 11.2. The molecule has 0 fully saturated rings. The lowest BCUT2D eigenvalue weighted by Crippen LogP contribution is -1.99. The molecule has 0 aliphatic heterocycles. The molecule has 3 aromatic heterocycles. The summed E-state index contributed by atoms with van der Waals surface area (Å²) in [6.45, 7) is 0. The van der Waals surface area contributed by atoms with Crippen molar-refractivity contribution in [1.82, 2.24) is 24.1 Å². The maximum Gasteiger partial charge on any atom is 0.187 e. The zero-order valence-electron chi connectivity index (χ0n) is 14.5. The lowest BCUT2D eigenvalue weighted by Gasteiger charge is -2.09. The van der Waals surface area contributed by atoms with Gasteiger partial charge in [-0.3, -0.25) is 8.97 Å². The molecule has 5 aromatic rings. The minimum Gasteiger partial charge on any atom is -0.296 e. The number of pyridine rings is 1. The molecule has 0 bridgehead atoms. The SMILES string of the molecule is Clc1ccc(-n2cnnc2-c2cnc3c(-c4ccccc4Cl)cccn23)cc1. The molecular formula is C21H13Cl2N5. The summed E-state index contributed by atoms with van der Waals surface area (Å²) in [7, 11) is 0. The molecule has 0 spiro atoms. The highest BCUT2D eigenvalue weighted by Gasteiger charge is 2.16. The molecule has 0 aliphatic rings. The highest BCUT2D eigenvalue weighted by molar-refractivity contribution is 6.33. The van der Waals surface area contributed by atoms with Crippen LogP contribution in [0.3, 0.4) is 0 Å². The van der Waals surface area contributed by atoms with Gasteiger partial charge in [-0.1, -0.05) is 41.4 Å². The van der Waals surface area contributed by atoms with E-state index in [1.54, 1.807) is 12.5 Å². The first-order valence-electron chi connectivity index (χ1n) is 8.60. The second kappa shape index (κ2) is 6.78. The van der Waals surface area contributed by atoms with Gasteiger partial charge in [-0.05, 0) is 42.5 Å². The van der Waals surface area contributed by atoms with Crippen LogP contribution in [0, 0.1) is 0 Å². The fraction of sp³-hybridized carbons (Fsp3) is 0. The molecule has 0 atom stereocenters. The number of halogens is 2. The number of nitrogens with zero attached hydrogens (tertiary/aromatic N) is 5. The molecule has 5 rings (SSSR count). The summed E-state index contributed by atoms with van der Waals surface area (Å²) in [6, 6.07) is 19.3. The number of benzene rings is 2. The highest BCUT2D eigenvalue weighted by atomic mass is 35.5.